The number of amides is 3. The SMILES string of the molecule is N#CCCNC(=O)C[C@H]1CC[C@H](c2ccc(-c3ccc4c(c3)CCN4C(=O)Nc3ccccc3)cc2)CC1. The lowest BCUT2D eigenvalue weighted by atomic mass is 9.77. The van der Waals surface area contributed by atoms with Crippen molar-refractivity contribution in [3.05, 3.63) is 83.9 Å². The number of nitrogens with one attached hydrogen (secondary N) is 2. The fourth-order valence-electron chi connectivity index (χ4n) is 5.74. The van der Waals surface area contributed by atoms with Crippen molar-refractivity contribution in [1.29, 1.82) is 5.26 Å². The Morgan fingerprint density at radius 1 is 0.921 bits per heavy atom. The molecular formula is C32H34N4O2. The Bertz CT molecular complexity index is 1310. The number of benzene rings is 3. The molecule has 5 rings (SSSR count). The molecule has 0 atom stereocenters. The second-order valence-corrected chi connectivity index (χ2v) is 10.3. The van der Waals surface area contributed by atoms with Gasteiger partial charge in [-0.15, -0.1) is 0 Å². The monoisotopic (exact) mass is 506 g/mol. The molecule has 1 heterocycles. The van der Waals surface area contributed by atoms with Gasteiger partial charge in [0.1, 0.15) is 0 Å². The zero-order valence-electron chi connectivity index (χ0n) is 21.7. The highest BCUT2D eigenvalue weighted by Gasteiger charge is 2.26. The molecule has 0 spiro atoms. The first-order valence-corrected chi connectivity index (χ1v) is 13.6. The maximum Gasteiger partial charge on any atom is 0.326 e. The Hall–Kier alpha value is -4.11. The van der Waals surface area contributed by atoms with Gasteiger partial charge in [-0.1, -0.05) is 48.5 Å². The standard InChI is InChI=1S/C32H34N4O2/c33-18-4-19-34-31(37)21-23-7-9-24(10-8-23)25-11-13-26(14-12-25)27-15-16-30-28(22-27)17-20-36(30)32(38)35-29-5-2-1-3-6-29/h1-3,5-6,11-16,22-24H,4,7-10,17,19-21H2,(H,34,37)(H,35,38)/t23-,24-. The molecule has 3 amide bonds. The molecule has 194 valence electrons. The van der Waals surface area contributed by atoms with Gasteiger partial charge in [-0.3, -0.25) is 9.69 Å². The van der Waals surface area contributed by atoms with E-state index in [4.69, 9.17) is 5.26 Å². The quantitative estimate of drug-likeness (QED) is 0.352. The van der Waals surface area contributed by atoms with Gasteiger partial charge in [0.25, 0.3) is 0 Å². The van der Waals surface area contributed by atoms with E-state index in [0.717, 1.165) is 43.5 Å². The minimum Gasteiger partial charge on any atom is -0.355 e. The highest BCUT2D eigenvalue weighted by molar-refractivity contribution is 6.03. The topological polar surface area (TPSA) is 85.2 Å². The lowest BCUT2D eigenvalue weighted by molar-refractivity contribution is -0.122. The Kier molecular flexibility index (Phi) is 8.04. The maximum atomic E-state index is 12.8. The number of urea groups is 1. The number of nitrogens with zero attached hydrogens (tertiary/aromatic N) is 2. The molecule has 3 aromatic rings. The van der Waals surface area contributed by atoms with Gasteiger partial charge in [-0.25, -0.2) is 4.79 Å². The molecule has 0 aromatic heterocycles. The van der Waals surface area contributed by atoms with Gasteiger partial charge in [-0.05, 0) is 90.5 Å². The minimum absolute atomic E-state index is 0.0716. The van der Waals surface area contributed by atoms with Crippen molar-refractivity contribution in [2.45, 2.75) is 50.9 Å². The van der Waals surface area contributed by atoms with E-state index in [1.807, 2.05) is 35.2 Å². The van der Waals surface area contributed by atoms with E-state index in [-0.39, 0.29) is 11.9 Å². The van der Waals surface area contributed by atoms with E-state index in [0.29, 0.717) is 37.8 Å². The average molecular weight is 507 g/mol. The molecule has 6 nitrogen and oxygen atoms in total. The molecule has 1 saturated carbocycles. The van der Waals surface area contributed by atoms with Crippen LogP contribution in [0, 0.1) is 17.2 Å². The van der Waals surface area contributed by atoms with Gasteiger partial charge in [0, 0.05) is 30.9 Å². The van der Waals surface area contributed by atoms with E-state index in [9.17, 15) is 9.59 Å². The molecular weight excluding hydrogens is 472 g/mol. The van der Waals surface area contributed by atoms with Gasteiger partial charge in [0.05, 0.1) is 12.5 Å². The number of rotatable bonds is 7. The lowest BCUT2D eigenvalue weighted by Gasteiger charge is -2.28. The number of hydrogen-bond donors (Lipinski definition) is 2. The molecule has 1 aliphatic carbocycles. The molecule has 2 N–H and O–H groups in total. The summed E-state index contributed by atoms with van der Waals surface area (Å²) in [5, 5.41) is 14.4. The van der Waals surface area contributed by atoms with Gasteiger partial charge >= 0.3 is 6.03 Å². The van der Waals surface area contributed by atoms with Gasteiger partial charge in [0.2, 0.25) is 5.91 Å². The number of carbonyl (C=O) groups excluding carboxylic acids is 2. The van der Waals surface area contributed by atoms with Crippen LogP contribution >= 0.6 is 0 Å². The van der Waals surface area contributed by atoms with Crippen LogP contribution in [0.5, 0.6) is 0 Å². The number of carbonyl (C=O) groups is 2. The van der Waals surface area contributed by atoms with Crippen LogP contribution in [0.4, 0.5) is 16.2 Å². The maximum absolute atomic E-state index is 12.8. The minimum atomic E-state index is -0.0959. The van der Waals surface area contributed by atoms with Crippen LogP contribution < -0.4 is 15.5 Å². The van der Waals surface area contributed by atoms with Gasteiger partial charge in [0.15, 0.2) is 0 Å². The fourth-order valence-corrected chi connectivity index (χ4v) is 5.74. The first kappa shape index (κ1) is 25.5. The van der Waals surface area contributed by atoms with E-state index in [1.165, 1.54) is 22.3 Å². The molecule has 38 heavy (non-hydrogen) atoms. The van der Waals surface area contributed by atoms with Crippen LogP contribution in [0.2, 0.25) is 0 Å². The number of para-hydroxylation sites is 1. The van der Waals surface area contributed by atoms with Crippen LogP contribution in [-0.4, -0.2) is 25.0 Å². The van der Waals surface area contributed by atoms with Crippen molar-refractivity contribution >= 4 is 23.3 Å². The van der Waals surface area contributed by atoms with E-state index < -0.39 is 0 Å². The van der Waals surface area contributed by atoms with Crippen LogP contribution in [-0.2, 0) is 11.2 Å². The number of anilines is 2. The molecule has 0 saturated heterocycles. The Balaban J connectivity index is 1.16. The van der Waals surface area contributed by atoms with Crippen LogP contribution in [0.15, 0.2) is 72.8 Å². The number of hydrogen-bond acceptors (Lipinski definition) is 3. The fraction of sp³-hybridized carbons (Fsp3) is 0.344. The normalized spacial score (nSPS) is 18.3. The molecule has 0 radical (unpaired) electrons. The second kappa shape index (κ2) is 12.0. The molecule has 3 aromatic carbocycles. The largest absolute Gasteiger partial charge is 0.355 e. The summed E-state index contributed by atoms with van der Waals surface area (Å²) in [5.74, 6) is 1.05. The third-order valence-electron chi connectivity index (χ3n) is 7.84. The summed E-state index contributed by atoms with van der Waals surface area (Å²) in [5.41, 5.74) is 6.71. The highest BCUT2D eigenvalue weighted by atomic mass is 16.2. The molecule has 0 unspecified atom stereocenters. The zero-order valence-corrected chi connectivity index (χ0v) is 21.7. The van der Waals surface area contributed by atoms with Gasteiger partial charge < -0.3 is 10.6 Å². The molecule has 2 aliphatic rings. The predicted octanol–water partition coefficient (Wildman–Crippen LogP) is 6.64. The summed E-state index contributed by atoms with van der Waals surface area (Å²) in [7, 11) is 0. The summed E-state index contributed by atoms with van der Waals surface area (Å²) in [6, 6.07) is 26.8. The van der Waals surface area contributed by atoms with E-state index in [2.05, 4.69) is 59.2 Å². The summed E-state index contributed by atoms with van der Waals surface area (Å²) in [6.45, 7) is 1.13. The molecule has 6 heteroatoms. The summed E-state index contributed by atoms with van der Waals surface area (Å²) >= 11 is 0. The predicted molar refractivity (Wildman–Crippen MR) is 151 cm³/mol. The van der Waals surface area contributed by atoms with Crippen LogP contribution in [0.3, 0.4) is 0 Å². The molecule has 0 bridgehead atoms. The van der Waals surface area contributed by atoms with E-state index in [1.54, 1.807) is 0 Å². The Morgan fingerprint density at radius 3 is 2.39 bits per heavy atom. The van der Waals surface area contributed by atoms with E-state index >= 15 is 0 Å². The molecule has 1 aliphatic heterocycles. The Morgan fingerprint density at radius 2 is 1.66 bits per heavy atom. The smallest absolute Gasteiger partial charge is 0.326 e. The third-order valence-corrected chi connectivity index (χ3v) is 7.84. The van der Waals surface area contributed by atoms with Gasteiger partial charge in [-0.2, -0.15) is 5.26 Å². The van der Waals surface area contributed by atoms with Crippen molar-refractivity contribution in [3.8, 4) is 17.2 Å². The summed E-state index contributed by atoms with van der Waals surface area (Å²) in [4.78, 5) is 26.7. The van der Waals surface area contributed by atoms with Crippen LogP contribution in [0.25, 0.3) is 11.1 Å². The third kappa shape index (κ3) is 6.06. The average Bonchev–Trinajstić information content (AvgIpc) is 3.38. The summed E-state index contributed by atoms with van der Waals surface area (Å²) in [6.07, 6.45) is 6.13. The lowest BCUT2D eigenvalue weighted by Crippen LogP contribution is -2.33. The molecule has 1 fully saturated rings. The van der Waals surface area contributed by atoms with Crippen molar-refractivity contribution in [3.63, 3.8) is 0 Å². The first-order chi connectivity index (χ1) is 18.6. The second-order valence-electron chi connectivity index (χ2n) is 10.3. The number of nitriles is 1. The van der Waals surface area contributed by atoms with Crippen molar-refractivity contribution in [2.24, 2.45) is 5.92 Å². The first-order valence-electron chi connectivity index (χ1n) is 13.6. The highest BCUT2D eigenvalue weighted by Crippen LogP contribution is 2.38. The van der Waals surface area contributed by atoms with Crippen molar-refractivity contribution in [1.82, 2.24) is 5.32 Å². The Labute approximate surface area is 224 Å². The summed E-state index contributed by atoms with van der Waals surface area (Å²) < 4.78 is 0. The number of fused-ring (bicyclic) bond motifs is 1. The zero-order chi connectivity index (χ0) is 26.3. The van der Waals surface area contributed by atoms with Crippen molar-refractivity contribution in [2.75, 3.05) is 23.3 Å². The van der Waals surface area contributed by atoms with Crippen molar-refractivity contribution < 1.29 is 9.59 Å². The van der Waals surface area contributed by atoms with Crippen LogP contribution in [0.1, 0.15) is 55.6 Å².